The van der Waals surface area contributed by atoms with Gasteiger partial charge in [0, 0.05) is 21.9 Å². The quantitative estimate of drug-likeness (QED) is 0.793. The van der Waals surface area contributed by atoms with Gasteiger partial charge in [-0.2, -0.15) is 0 Å². The Morgan fingerprint density at radius 3 is 2.85 bits per heavy atom. The van der Waals surface area contributed by atoms with E-state index >= 15 is 0 Å². The Morgan fingerprint density at radius 2 is 2.25 bits per heavy atom. The van der Waals surface area contributed by atoms with Crippen LogP contribution in [0.25, 0.3) is 0 Å². The minimum atomic E-state index is -1.01. The van der Waals surface area contributed by atoms with Crippen molar-refractivity contribution >= 4 is 40.7 Å². The van der Waals surface area contributed by atoms with Crippen LogP contribution in [-0.4, -0.2) is 16.1 Å². The lowest BCUT2D eigenvalue weighted by Gasteiger charge is -2.03. The molecule has 2 rings (SSSR count). The molecule has 0 saturated heterocycles. The Morgan fingerprint density at radius 1 is 1.50 bits per heavy atom. The molecule has 0 bridgehead atoms. The van der Waals surface area contributed by atoms with Gasteiger partial charge in [0.25, 0.3) is 0 Å². The van der Waals surface area contributed by atoms with Gasteiger partial charge in [-0.3, -0.25) is 0 Å². The summed E-state index contributed by atoms with van der Waals surface area (Å²) in [7, 11) is 0. The average Bonchev–Trinajstić information content (AvgIpc) is 2.86. The van der Waals surface area contributed by atoms with Crippen LogP contribution < -0.4 is 0 Å². The van der Waals surface area contributed by atoms with Crippen molar-refractivity contribution in [3.63, 3.8) is 0 Å². The van der Waals surface area contributed by atoms with Crippen LogP contribution in [0.1, 0.15) is 40.8 Å². The second kappa shape index (κ2) is 6.61. The third-order valence-corrected chi connectivity index (χ3v) is 5.17. The zero-order chi connectivity index (χ0) is 14.7. The van der Waals surface area contributed by atoms with Gasteiger partial charge in [0.15, 0.2) is 0 Å². The SMILES string of the molecule is CC(C)c1nc(CSc2ccc(Cl)c(C(=O)O)c2)cs1. The van der Waals surface area contributed by atoms with E-state index in [4.69, 9.17) is 16.7 Å². The highest BCUT2D eigenvalue weighted by Crippen LogP contribution is 2.28. The Kier molecular flexibility index (Phi) is 5.07. The van der Waals surface area contributed by atoms with Crippen LogP contribution in [0.3, 0.4) is 0 Å². The molecule has 0 unspecified atom stereocenters. The molecule has 1 aromatic heterocycles. The van der Waals surface area contributed by atoms with Crippen molar-refractivity contribution in [2.24, 2.45) is 0 Å². The van der Waals surface area contributed by atoms with Crippen molar-refractivity contribution in [3.05, 3.63) is 44.9 Å². The average molecular weight is 328 g/mol. The third kappa shape index (κ3) is 3.75. The van der Waals surface area contributed by atoms with Crippen molar-refractivity contribution in [2.75, 3.05) is 0 Å². The topological polar surface area (TPSA) is 50.2 Å². The summed E-state index contributed by atoms with van der Waals surface area (Å²) >= 11 is 9.07. The number of rotatable bonds is 5. The molecule has 1 N–H and O–H groups in total. The minimum absolute atomic E-state index is 0.137. The number of carboxylic acid groups (broad SMARTS) is 1. The molecule has 0 spiro atoms. The molecule has 0 aliphatic heterocycles. The van der Waals surface area contributed by atoms with Crippen molar-refractivity contribution < 1.29 is 9.90 Å². The number of thioether (sulfide) groups is 1. The molecule has 6 heteroatoms. The number of hydrogen-bond donors (Lipinski definition) is 1. The fraction of sp³-hybridized carbons (Fsp3) is 0.286. The molecule has 0 fully saturated rings. The highest BCUT2D eigenvalue weighted by molar-refractivity contribution is 7.98. The van der Waals surface area contributed by atoms with Crippen molar-refractivity contribution in [1.82, 2.24) is 4.98 Å². The highest BCUT2D eigenvalue weighted by Gasteiger charge is 2.10. The van der Waals surface area contributed by atoms with Crippen LogP contribution in [0.4, 0.5) is 0 Å². The van der Waals surface area contributed by atoms with E-state index in [-0.39, 0.29) is 10.6 Å². The summed E-state index contributed by atoms with van der Waals surface area (Å²) in [5.41, 5.74) is 1.16. The standard InChI is InChI=1S/C14H14ClNO2S2/c1-8(2)13-16-9(7-20-13)6-19-10-3-4-12(15)11(5-10)14(17)18/h3-5,7-8H,6H2,1-2H3,(H,17,18). The van der Waals surface area contributed by atoms with E-state index in [1.807, 2.05) is 6.07 Å². The van der Waals surface area contributed by atoms with Gasteiger partial charge in [-0.1, -0.05) is 25.4 Å². The first kappa shape index (κ1) is 15.4. The minimum Gasteiger partial charge on any atom is -0.478 e. The second-order valence-electron chi connectivity index (χ2n) is 4.57. The molecule has 1 heterocycles. The first-order valence-electron chi connectivity index (χ1n) is 6.07. The summed E-state index contributed by atoms with van der Waals surface area (Å²) in [6.45, 7) is 4.24. The molecule has 0 aliphatic carbocycles. The molecule has 3 nitrogen and oxygen atoms in total. The Balaban J connectivity index is 2.06. The number of carboxylic acids is 1. The number of aromatic nitrogens is 1. The van der Waals surface area contributed by atoms with Crippen LogP contribution in [0.2, 0.25) is 5.02 Å². The van der Waals surface area contributed by atoms with E-state index in [0.29, 0.717) is 5.92 Å². The predicted octanol–water partition coefficient (Wildman–Crippen LogP) is 4.91. The van der Waals surface area contributed by atoms with E-state index in [9.17, 15) is 4.79 Å². The van der Waals surface area contributed by atoms with Gasteiger partial charge in [0.1, 0.15) is 0 Å². The zero-order valence-corrected chi connectivity index (χ0v) is 13.5. The predicted molar refractivity (Wildman–Crippen MR) is 84.2 cm³/mol. The number of aromatic carboxylic acids is 1. The van der Waals surface area contributed by atoms with Gasteiger partial charge >= 0.3 is 5.97 Å². The number of nitrogens with zero attached hydrogens (tertiary/aromatic N) is 1. The van der Waals surface area contributed by atoms with Crippen LogP contribution in [0, 0.1) is 0 Å². The fourth-order valence-electron chi connectivity index (χ4n) is 1.57. The number of benzene rings is 1. The largest absolute Gasteiger partial charge is 0.478 e. The maximum atomic E-state index is 11.0. The smallest absolute Gasteiger partial charge is 0.337 e. The van der Waals surface area contributed by atoms with Gasteiger partial charge in [0.05, 0.1) is 21.3 Å². The molecule has 106 valence electrons. The Labute approximate surface area is 131 Å². The molecular formula is C14H14ClNO2S2. The number of halogens is 1. The van der Waals surface area contributed by atoms with Gasteiger partial charge in [-0.25, -0.2) is 9.78 Å². The lowest BCUT2D eigenvalue weighted by molar-refractivity contribution is 0.0697. The lowest BCUT2D eigenvalue weighted by Crippen LogP contribution is -1.97. The molecule has 1 aromatic carbocycles. The van der Waals surface area contributed by atoms with E-state index in [0.717, 1.165) is 21.3 Å². The molecule has 20 heavy (non-hydrogen) atoms. The van der Waals surface area contributed by atoms with E-state index < -0.39 is 5.97 Å². The Bertz CT molecular complexity index is 625. The summed E-state index contributed by atoms with van der Waals surface area (Å²) in [6, 6.07) is 5.05. The zero-order valence-electron chi connectivity index (χ0n) is 11.1. The second-order valence-corrected chi connectivity index (χ2v) is 6.91. The van der Waals surface area contributed by atoms with Crippen molar-refractivity contribution in [1.29, 1.82) is 0 Å². The maximum Gasteiger partial charge on any atom is 0.337 e. The van der Waals surface area contributed by atoms with Gasteiger partial charge < -0.3 is 5.11 Å². The first-order valence-corrected chi connectivity index (χ1v) is 8.31. The summed E-state index contributed by atoms with van der Waals surface area (Å²) in [5.74, 6) is 0.158. The number of hydrogen-bond acceptors (Lipinski definition) is 4. The first-order chi connectivity index (χ1) is 9.47. The van der Waals surface area contributed by atoms with Crippen molar-refractivity contribution in [2.45, 2.75) is 30.4 Å². The molecular weight excluding hydrogens is 314 g/mol. The van der Waals surface area contributed by atoms with Crippen LogP contribution in [0.15, 0.2) is 28.5 Å². The normalized spacial score (nSPS) is 11.0. The highest BCUT2D eigenvalue weighted by atomic mass is 35.5. The van der Waals surface area contributed by atoms with Gasteiger partial charge in [0.2, 0.25) is 0 Å². The summed E-state index contributed by atoms with van der Waals surface area (Å²) in [5, 5.41) is 12.5. The van der Waals surface area contributed by atoms with Crippen LogP contribution in [-0.2, 0) is 5.75 Å². The van der Waals surface area contributed by atoms with E-state index in [1.165, 1.54) is 0 Å². The van der Waals surface area contributed by atoms with Gasteiger partial charge in [-0.05, 0) is 18.2 Å². The number of thiazole rings is 1. The number of carbonyl (C=O) groups is 1. The third-order valence-electron chi connectivity index (χ3n) is 2.62. The fourth-order valence-corrected chi connectivity index (χ4v) is 3.54. The Hall–Kier alpha value is -1.04. The van der Waals surface area contributed by atoms with Crippen molar-refractivity contribution in [3.8, 4) is 0 Å². The molecule has 2 aromatic rings. The van der Waals surface area contributed by atoms with Gasteiger partial charge in [-0.15, -0.1) is 23.1 Å². The van der Waals surface area contributed by atoms with Crippen LogP contribution in [0.5, 0.6) is 0 Å². The van der Waals surface area contributed by atoms with E-state index in [2.05, 4.69) is 24.2 Å². The lowest BCUT2D eigenvalue weighted by atomic mass is 10.2. The molecule has 0 amide bonds. The molecule has 0 aliphatic rings. The monoisotopic (exact) mass is 327 g/mol. The summed E-state index contributed by atoms with van der Waals surface area (Å²) in [6.07, 6.45) is 0. The molecule has 0 radical (unpaired) electrons. The molecule has 0 atom stereocenters. The van der Waals surface area contributed by atoms with Crippen LogP contribution >= 0.6 is 34.7 Å². The van der Waals surface area contributed by atoms with E-state index in [1.54, 1.807) is 35.2 Å². The maximum absolute atomic E-state index is 11.0. The summed E-state index contributed by atoms with van der Waals surface area (Å²) < 4.78 is 0. The molecule has 0 saturated carbocycles. The summed E-state index contributed by atoms with van der Waals surface area (Å²) in [4.78, 5) is 16.5.